The molecule has 5 aliphatic carbocycles. The summed E-state index contributed by atoms with van der Waals surface area (Å²) < 4.78 is 0. The maximum absolute atomic E-state index is 2.63. The van der Waals surface area contributed by atoms with Gasteiger partial charge in [-0.3, -0.25) is 0 Å². The Kier molecular flexibility index (Phi) is 11.0. The normalized spacial score (nSPS) is 18.4. The predicted molar refractivity (Wildman–Crippen MR) is 351 cm³/mol. The quantitative estimate of drug-likeness (QED) is 0.156. The second-order valence-corrected chi connectivity index (χ2v) is 30.5. The Morgan fingerprint density at radius 2 is 0.866 bits per heavy atom. The first-order valence-corrected chi connectivity index (χ1v) is 33.0. The second kappa shape index (κ2) is 17.5. The van der Waals surface area contributed by atoms with Crippen LogP contribution in [0.4, 0.5) is 0 Å². The average Bonchev–Trinajstić information content (AvgIpc) is 1.75. The molecule has 0 fully saturated rings. The summed E-state index contributed by atoms with van der Waals surface area (Å²) in [6.45, 7) is 26.1. The number of hydrogen-bond acceptors (Lipinski definition) is 0. The van der Waals surface area contributed by atoms with Gasteiger partial charge < -0.3 is 0 Å². The summed E-state index contributed by atoms with van der Waals surface area (Å²) in [5, 5.41) is 0. The third-order valence-electron chi connectivity index (χ3n) is 21.3. The van der Waals surface area contributed by atoms with E-state index in [-0.39, 0.29) is 27.6 Å². The van der Waals surface area contributed by atoms with Gasteiger partial charge in [0.1, 0.15) is 0 Å². The first-order chi connectivity index (χ1) is 39.4. The monoisotopic (exact) mass is 1080 g/mol. The Labute approximate surface area is 490 Å². The van der Waals surface area contributed by atoms with E-state index in [2.05, 4.69) is 263 Å². The molecule has 1 heterocycles. The molecule has 10 aromatic rings. The fraction of sp³-hybridized carbons (Fsp3) is 0.259. The van der Waals surface area contributed by atoms with E-state index in [9.17, 15) is 0 Å². The lowest BCUT2D eigenvalue weighted by Crippen LogP contribution is -2.18. The number of benzene rings is 10. The van der Waals surface area contributed by atoms with Crippen LogP contribution in [0.25, 0.3) is 77.9 Å². The maximum atomic E-state index is 2.63. The van der Waals surface area contributed by atoms with Crippen LogP contribution in [0.1, 0.15) is 167 Å². The number of hydrogen-bond donors (Lipinski definition) is 0. The van der Waals surface area contributed by atoms with E-state index < -0.39 is 10.0 Å². The maximum Gasteiger partial charge on any atom is 0.0159 e. The lowest BCUT2D eigenvalue weighted by molar-refractivity contribution is 0.649. The van der Waals surface area contributed by atoms with E-state index in [0.29, 0.717) is 5.92 Å². The molecule has 6 aliphatic rings. The van der Waals surface area contributed by atoms with Crippen molar-refractivity contribution < 1.29 is 0 Å². The third kappa shape index (κ3) is 6.69. The molecule has 82 heavy (non-hydrogen) atoms. The molecule has 2 atom stereocenters. The van der Waals surface area contributed by atoms with Crippen LogP contribution in [0.5, 0.6) is 0 Å². The lowest BCUT2D eigenvalue weighted by Gasteiger charge is -2.29. The highest BCUT2D eigenvalue weighted by Crippen LogP contribution is 2.71. The first-order valence-electron chi connectivity index (χ1n) is 30.5. The molecule has 0 bridgehead atoms. The SMILES string of the molecule is CC.CCC1c2ccccc2-c2c1ccc1c2-c2cc3c(cc2C1(C)C)-c1ccc(C(Cc2ccc4c(c2)C(C)(C)c2cc5c(cc2-4)C(C)(C)c2ccc4c(c2-5)-c2ccccc2S4(C)C)c2ccccc2-c2ccccc2)cc1C3(C)C. The average molecular weight is 1080 g/mol. The Hall–Kier alpha value is -7.45. The summed E-state index contributed by atoms with van der Waals surface area (Å²) in [7, 11) is -1.13. The minimum absolute atomic E-state index is 0.114. The smallest absolute Gasteiger partial charge is 0.0159 e. The van der Waals surface area contributed by atoms with Crippen molar-refractivity contribution in [1.82, 2.24) is 0 Å². The Morgan fingerprint density at radius 3 is 1.52 bits per heavy atom. The highest BCUT2D eigenvalue weighted by atomic mass is 32.3. The molecule has 10 aromatic carbocycles. The fourth-order valence-corrected chi connectivity index (χ4v) is 19.5. The molecule has 0 amide bonds. The number of fused-ring (bicyclic) bond motifs is 20. The lowest BCUT2D eigenvalue weighted by atomic mass is 9.77. The zero-order valence-electron chi connectivity index (χ0n) is 50.4. The Balaban J connectivity index is 0.00000285. The van der Waals surface area contributed by atoms with Crippen molar-refractivity contribution in [2.24, 2.45) is 0 Å². The highest BCUT2D eigenvalue weighted by molar-refractivity contribution is 8.33. The second-order valence-electron chi connectivity index (χ2n) is 27.0. The van der Waals surface area contributed by atoms with Gasteiger partial charge in [0, 0.05) is 48.9 Å². The van der Waals surface area contributed by atoms with E-state index in [1.54, 1.807) is 0 Å². The van der Waals surface area contributed by atoms with Gasteiger partial charge in [0.05, 0.1) is 0 Å². The van der Waals surface area contributed by atoms with Gasteiger partial charge in [0.15, 0.2) is 0 Å². The van der Waals surface area contributed by atoms with E-state index >= 15 is 0 Å². The molecule has 1 heteroatoms. The summed E-state index contributed by atoms with van der Waals surface area (Å²) in [6, 6.07) is 74.4. The minimum Gasteiger partial charge on any atom is -0.192 e. The topological polar surface area (TPSA) is 0 Å². The summed E-state index contributed by atoms with van der Waals surface area (Å²) in [6.07, 6.45) is 6.99. The van der Waals surface area contributed by atoms with Crippen molar-refractivity contribution in [3.05, 3.63) is 260 Å². The van der Waals surface area contributed by atoms with Crippen molar-refractivity contribution in [1.29, 1.82) is 0 Å². The summed E-state index contributed by atoms with van der Waals surface area (Å²) in [5.74, 6) is 0.552. The number of rotatable bonds is 6. The molecular weight excluding hydrogens is 1000 g/mol. The van der Waals surface area contributed by atoms with Crippen LogP contribution in [-0.2, 0) is 28.1 Å². The Morgan fingerprint density at radius 1 is 0.366 bits per heavy atom. The van der Waals surface area contributed by atoms with Gasteiger partial charge in [-0.15, -0.1) is 0 Å². The van der Waals surface area contributed by atoms with Crippen LogP contribution in [0.15, 0.2) is 198 Å². The molecule has 0 nitrogen and oxygen atoms in total. The van der Waals surface area contributed by atoms with Gasteiger partial charge in [-0.1, -0.05) is 228 Å². The fourth-order valence-electron chi connectivity index (χ4n) is 17.0. The van der Waals surface area contributed by atoms with Crippen LogP contribution in [-0.4, -0.2) is 12.5 Å². The van der Waals surface area contributed by atoms with Crippen molar-refractivity contribution >= 4 is 10.0 Å². The minimum atomic E-state index is -1.13. The largest absolute Gasteiger partial charge is 0.192 e. The van der Waals surface area contributed by atoms with Gasteiger partial charge in [-0.2, -0.15) is 10.0 Å². The van der Waals surface area contributed by atoms with Crippen molar-refractivity contribution in [2.45, 2.75) is 132 Å². The molecule has 0 saturated heterocycles. The molecule has 1 aliphatic heterocycles. The first kappa shape index (κ1) is 51.4. The van der Waals surface area contributed by atoms with E-state index in [0.717, 1.165) is 12.8 Å². The summed E-state index contributed by atoms with van der Waals surface area (Å²) in [5.41, 5.74) is 37.9. The molecular formula is C81H76S. The standard InChI is InChI=1S/C79H70S.C2H6/c1-12-48-50-25-18-19-27-54(50)72-55(48)34-35-62-73(72)60-43-67-59(42-68(60)76(62,2)3)53-33-31-47(40-65(53)79(67,8)9)57(51-26-17-16-24-49(51)46-22-14-13-15-23-46)38-45-30-32-52-58-41-69-61(44-66(58)78(6,7)64(52)39-45)74-63(77(69,4)5)36-37-71-75(74)56-28-20-21-29-70(56)80(71,10)11;1-2/h13-37,39-44,48,57H,12,38H2,1-11H3;1-2H3. The third-order valence-corrected chi connectivity index (χ3v) is 24.2. The van der Waals surface area contributed by atoms with Crippen LogP contribution in [0, 0.1) is 0 Å². The molecule has 2 unspecified atom stereocenters. The van der Waals surface area contributed by atoms with Crippen molar-refractivity contribution in [2.75, 3.05) is 12.5 Å². The summed E-state index contributed by atoms with van der Waals surface area (Å²) >= 11 is 0. The predicted octanol–water partition coefficient (Wildman–Crippen LogP) is 22.0. The van der Waals surface area contributed by atoms with Crippen molar-refractivity contribution in [3.8, 4) is 77.9 Å². The van der Waals surface area contributed by atoms with Gasteiger partial charge >= 0.3 is 0 Å². The zero-order chi connectivity index (χ0) is 56.7. The van der Waals surface area contributed by atoms with Crippen LogP contribution in [0.3, 0.4) is 0 Å². The van der Waals surface area contributed by atoms with Gasteiger partial charge in [0.25, 0.3) is 0 Å². The molecule has 0 spiro atoms. The molecule has 0 saturated carbocycles. The Bertz CT molecular complexity index is 4400. The molecule has 0 radical (unpaired) electrons. The van der Waals surface area contributed by atoms with Crippen LogP contribution in [0.2, 0.25) is 0 Å². The van der Waals surface area contributed by atoms with Crippen molar-refractivity contribution in [3.63, 3.8) is 0 Å². The molecule has 16 rings (SSSR count). The molecule has 0 aromatic heterocycles. The summed E-state index contributed by atoms with van der Waals surface area (Å²) in [4.78, 5) is 3.05. The van der Waals surface area contributed by atoms with E-state index in [1.807, 2.05) is 13.8 Å². The molecule has 0 N–H and O–H groups in total. The van der Waals surface area contributed by atoms with Crippen LogP contribution < -0.4 is 0 Å². The van der Waals surface area contributed by atoms with Gasteiger partial charge in [-0.05, 0) is 206 Å². The van der Waals surface area contributed by atoms with E-state index in [1.165, 1.54) is 160 Å². The van der Waals surface area contributed by atoms with Gasteiger partial charge in [-0.25, -0.2) is 0 Å². The molecule has 406 valence electrons. The highest BCUT2D eigenvalue weighted by Gasteiger charge is 2.47. The zero-order valence-corrected chi connectivity index (χ0v) is 51.2. The van der Waals surface area contributed by atoms with Gasteiger partial charge in [0.2, 0.25) is 0 Å². The van der Waals surface area contributed by atoms with Crippen LogP contribution >= 0.6 is 10.0 Å². The van der Waals surface area contributed by atoms with E-state index in [4.69, 9.17) is 0 Å².